The fraction of sp³-hybridized carbons (Fsp3) is 0.944. The van der Waals surface area contributed by atoms with Crippen molar-refractivity contribution in [2.75, 3.05) is 39.6 Å². The summed E-state index contributed by atoms with van der Waals surface area (Å²) in [5.41, 5.74) is 0. The Balaban J connectivity index is 5.24. The van der Waals surface area contributed by atoms with Gasteiger partial charge in [-0.3, -0.25) is 37.3 Å². The Labute approximate surface area is 556 Å². The number of phosphoric acid groups is 2. The highest BCUT2D eigenvalue weighted by Crippen LogP contribution is 2.45. The first kappa shape index (κ1) is 89.1. The lowest BCUT2D eigenvalue weighted by molar-refractivity contribution is -0.161. The Morgan fingerprint density at radius 2 is 0.560 bits per heavy atom. The maximum Gasteiger partial charge on any atom is 0.472 e. The molecule has 0 radical (unpaired) electrons. The van der Waals surface area contributed by atoms with Gasteiger partial charge in [-0.25, -0.2) is 9.13 Å². The predicted molar refractivity (Wildman–Crippen MR) is 368 cm³/mol. The van der Waals surface area contributed by atoms with Crippen LogP contribution in [0.4, 0.5) is 0 Å². The highest BCUT2D eigenvalue weighted by atomic mass is 31.2. The summed E-state index contributed by atoms with van der Waals surface area (Å²) in [6.07, 6.45) is 50.1. The quantitative estimate of drug-likeness (QED) is 0.0222. The van der Waals surface area contributed by atoms with E-state index < -0.39 is 97.5 Å². The van der Waals surface area contributed by atoms with Crippen molar-refractivity contribution in [3.63, 3.8) is 0 Å². The monoisotopic (exact) mass is 1340 g/mol. The Bertz CT molecular complexity index is 1770. The van der Waals surface area contributed by atoms with E-state index in [1.807, 2.05) is 0 Å². The summed E-state index contributed by atoms with van der Waals surface area (Å²) >= 11 is 0. The third kappa shape index (κ3) is 65.1. The number of ether oxygens (including phenoxy) is 4. The first-order valence-corrected chi connectivity index (χ1v) is 40.5. The molecule has 0 aromatic heterocycles. The number of carbonyl (C=O) groups excluding carboxylic acids is 4. The van der Waals surface area contributed by atoms with Crippen molar-refractivity contribution in [2.24, 2.45) is 11.8 Å². The van der Waals surface area contributed by atoms with Gasteiger partial charge >= 0.3 is 39.5 Å². The van der Waals surface area contributed by atoms with Gasteiger partial charge in [0.2, 0.25) is 0 Å². The van der Waals surface area contributed by atoms with Crippen LogP contribution in [0.2, 0.25) is 0 Å². The third-order valence-corrected chi connectivity index (χ3v) is 19.0. The average molecular weight is 1340 g/mol. The van der Waals surface area contributed by atoms with Crippen molar-refractivity contribution in [3.05, 3.63) is 0 Å². The number of hydrogen-bond donors (Lipinski definition) is 3. The minimum atomic E-state index is -4.95. The van der Waals surface area contributed by atoms with Gasteiger partial charge in [0.1, 0.15) is 19.3 Å². The first-order chi connectivity index (χ1) is 43.9. The van der Waals surface area contributed by atoms with Gasteiger partial charge in [-0.1, -0.05) is 318 Å². The van der Waals surface area contributed by atoms with E-state index in [1.165, 1.54) is 180 Å². The molecule has 3 N–H and O–H groups in total. The molecule has 19 heteroatoms. The molecular weight excluding hydrogens is 1200 g/mol. The van der Waals surface area contributed by atoms with Crippen LogP contribution in [0.1, 0.15) is 369 Å². The van der Waals surface area contributed by atoms with Crippen molar-refractivity contribution in [2.45, 2.75) is 387 Å². The van der Waals surface area contributed by atoms with E-state index in [0.717, 1.165) is 102 Å². The van der Waals surface area contributed by atoms with Gasteiger partial charge in [0, 0.05) is 25.7 Å². The van der Waals surface area contributed by atoms with Gasteiger partial charge in [-0.2, -0.15) is 0 Å². The molecule has 0 saturated heterocycles. The molecule has 0 aromatic carbocycles. The summed E-state index contributed by atoms with van der Waals surface area (Å²) in [5.74, 6) is -0.697. The number of unbranched alkanes of at least 4 members (excludes halogenated alkanes) is 40. The standard InChI is InChI=1S/C72H140O17P2/c1-7-10-12-14-16-18-20-22-24-26-28-30-32-36-44-50-56-71(76)88-67(60-82-69(74)54-48-42-35-31-29-27-25-23-21-19-17-15-13-11-8-2)62-86-90(78,79)84-58-66(73)59-85-91(80,81)87-63-68(89-72(77)57-51-45-37-33-34-40-46-52-64(4)5)61-83-70(75)55-49-43-39-38-41-47-53-65(6)9-3/h64-68,73H,7-63H2,1-6H3,(H,78,79)(H,80,81)/t65?,66-,67-,68-/m1/s1. The Morgan fingerprint density at radius 1 is 0.319 bits per heavy atom. The van der Waals surface area contributed by atoms with Crippen molar-refractivity contribution in [3.8, 4) is 0 Å². The molecule has 0 aliphatic heterocycles. The largest absolute Gasteiger partial charge is 0.472 e. The molecule has 0 amide bonds. The van der Waals surface area contributed by atoms with Gasteiger partial charge in [0.25, 0.3) is 0 Å². The number of aliphatic hydroxyl groups excluding tert-OH is 1. The number of hydrogen-bond acceptors (Lipinski definition) is 15. The molecule has 6 atom stereocenters. The zero-order valence-electron chi connectivity index (χ0n) is 59.1. The van der Waals surface area contributed by atoms with Crippen LogP contribution in [0.15, 0.2) is 0 Å². The molecule has 0 heterocycles. The average Bonchev–Trinajstić information content (AvgIpc) is 3.36. The van der Waals surface area contributed by atoms with Gasteiger partial charge < -0.3 is 33.8 Å². The lowest BCUT2D eigenvalue weighted by Gasteiger charge is -2.21. The SMILES string of the molecule is CCCCCCCCCCCCCCCCCCC(=O)O[C@H](COC(=O)CCCCCCCCCCCCCCCCC)COP(=O)(O)OC[C@@H](O)COP(=O)(O)OC[C@@H](COC(=O)CCCCCCCCC(C)CC)OC(=O)CCCCCCCCCC(C)C. The van der Waals surface area contributed by atoms with Crippen molar-refractivity contribution in [1.82, 2.24) is 0 Å². The van der Waals surface area contributed by atoms with E-state index in [2.05, 4.69) is 41.5 Å². The molecular formula is C72H140O17P2. The minimum absolute atomic E-state index is 0.103. The number of phosphoric ester groups is 2. The number of aliphatic hydroxyl groups is 1. The van der Waals surface area contributed by atoms with E-state index in [4.69, 9.17) is 37.0 Å². The fourth-order valence-corrected chi connectivity index (χ4v) is 12.5. The summed E-state index contributed by atoms with van der Waals surface area (Å²) in [4.78, 5) is 72.6. The van der Waals surface area contributed by atoms with Crippen LogP contribution in [0.25, 0.3) is 0 Å². The summed E-state index contributed by atoms with van der Waals surface area (Å²) < 4.78 is 68.3. The predicted octanol–water partition coefficient (Wildman–Crippen LogP) is 20.8. The Kier molecular flexibility index (Phi) is 62.7. The van der Waals surface area contributed by atoms with Crippen molar-refractivity contribution < 1.29 is 80.2 Å². The van der Waals surface area contributed by atoms with E-state index in [-0.39, 0.29) is 25.7 Å². The second kappa shape index (κ2) is 64.1. The smallest absolute Gasteiger partial charge is 0.462 e. The number of rotatable bonds is 71. The highest BCUT2D eigenvalue weighted by Gasteiger charge is 2.30. The molecule has 0 spiro atoms. The summed E-state index contributed by atoms with van der Waals surface area (Å²) in [6, 6.07) is 0. The molecule has 17 nitrogen and oxygen atoms in total. The van der Waals surface area contributed by atoms with Crippen LogP contribution < -0.4 is 0 Å². The molecule has 540 valence electrons. The molecule has 0 saturated carbocycles. The number of carbonyl (C=O) groups is 4. The van der Waals surface area contributed by atoms with E-state index in [0.29, 0.717) is 31.6 Å². The summed E-state index contributed by atoms with van der Waals surface area (Å²) in [7, 11) is -9.90. The topological polar surface area (TPSA) is 237 Å². The molecule has 3 unspecified atom stereocenters. The fourth-order valence-electron chi connectivity index (χ4n) is 10.9. The lowest BCUT2D eigenvalue weighted by atomic mass is 10.00. The van der Waals surface area contributed by atoms with E-state index in [9.17, 15) is 43.2 Å². The highest BCUT2D eigenvalue weighted by molar-refractivity contribution is 7.47. The molecule has 0 fully saturated rings. The zero-order chi connectivity index (χ0) is 67.2. The Morgan fingerprint density at radius 3 is 0.835 bits per heavy atom. The van der Waals surface area contributed by atoms with Crippen LogP contribution in [0.3, 0.4) is 0 Å². The van der Waals surface area contributed by atoms with Gasteiger partial charge in [-0.15, -0.1) is 0 Å². The number of esters is 4. The second-order valence-corrected chi connectivity index (χ2v) is 29.6. The molecule has 0 aliphatic rings. The maximum atomic E-state index is 13.0. The van der Waals surface area contributed by atoms with Crippen LogP contribution in [-0.4, -0.2) is 96.7 Å². The Hall–Kier alpha value is -1.94. The molecule has 0 aliphatic carbocycles. The van der Waals surface area contributed by atoms with Crippen molar-refractivity contribution in [1.29, 1.82) is 0 Å². The summed E-state index contributed by atoms with van der Waals surface area (Å²) in [5, 5.41) is 10.6. The molecule has 0 rings (SSSR count). The second-order valence-electron chi connectivity index (χ2n) is 26.7. The minimum Gasteiger partial charge on any atom is -0.462 e. The van der Waals surface area contributed by atoms with E-state index >= 15 is 0 Å². The first-order valence-electron chi connectivity index (χ1n) is 37.5. The van der Waals surface area contributed by atoms with Crippen LogP contribution in [0.5, 0.6) is 0 Å². The zero-order valence-corrected chi connectivity index (χ0v) is 60.9. The van der Waals surface area contributed by atoms with Crippen molar-refractivity contribution >= 4 is 39.5 Å². The van der Waals surface area contributed by atoms with Gasteiger partial charge in [-0.05, 0) is 37.5 Å². The van der Waals surface area contributed by atoms with Crippen LogP contribution in [0, 0.1) is 11.8 Å². The third-order valence-electron chi connectivity index (χ3n) is 17.1. The van der Waals surface area contributed by atoms with Crippen LogP contribution in [-0.2, 0) is 65.4 Å². The lowest BCUT2D eigenvalue weighted by Crippen LogP contribution is -2.30. The maximum absolute atomic E-state index is 13.0. The van der Waals surface area contributed by atoms with Crippen LogP contribution >= 0.6 is 15.6 Å². The van der Waals surface area contributed by atoms with Gasteiger partial charge in [0.05, 0.1) is 26.4 Å². The molecule has 0 aromatic rings. The summed E-state index contributed by atoms with van der Waals surface area (Å²) in [6.45, 7) is 9.46. The van der Waals surface area contributed by atoms with Gasteiger partial charge in [0.15, 0.2) is 12.2 Å². The molecule has 91 heavy (non-hydrogen) atoms. The normalized spacial score (nSPS) is 14.4. The molecule has 0 bridgehead atoms. The van der Waals surface area contributed by atoms with E-state index in [1.54, 1.807) is 0 Å².